The molecular weight excluding hydrogens is 354 g/mol. The second kappa shape index (κ2) is 8.63. The van der Waals surface area contributed by atoms with Crippen molar-refractivity contribution in [2.45, 2.75) is 59.2 Å². The van der Waals surface area contributed by atoms with Crippen LogP contribution in [0.4, 0.5) is 10.6 Å². The van der Waals surface area contributed by atoms with E-state index in [9.17, 15) is 9.59 Å². The molecule has 0 spiro atoms. The Kier molecular flexibility index (Phi) is 6.21. The van der Waals surface area contributed by atoms with Gasteiger partial charge in [0.1, 0.15) is 0 Å². The molecule has 152 valence electrons. The van der Waals surface area contributed by atoms with E-state index in [2.05, 4.69) is 34.4 Å². The summed E-state index contributed by atoms with van der Waals surface area (Å²) in [7, 11) is 0. The largest absolute Gasteiger partial charge is 0.352 e. The first kappa shape index (κ1) is 20.2. The Bertz CT molecular complexity index is 882. The maximum Gasteiger partial charge on any atom is 0.315 e. The molecule has 1 aromatic heterocycles. The van der Waals surface area contributed by atoms with E-state index >= 15 is 0 Å². The lowest BCUT2D eigenvalue weighted by Gasteiger charge is -2.33. The number of fused-ring (bicyclic) bond motifs is 1. The molecule has 0 aliphatic carbocycles. The average molecular weight is 386 g/mol. The van der Waals surface area contributed by atoms with E-state index in [-0.39, 0.29) is 23.7 Å². The number of carbonyl (C=O) groups excluding carboxylic acids is 1. The molecule has 1 aliphatic heterocycles. The fourth-order valence-electron chi connectivity index (χ4n) is 3.66. The molecule has 1 fully saturated rings. The van der Waals surface area contributed by atoms with Crippen LogP contribution in [-0.2, 0) is 6.54 Å². The maximum atomic E-state index is 13.2. The molecule has 0 unspecified atom stereocenters. The number of para-hydroxylation sites is 2. The number of amides is 2. The molecule has 0 saturated carbocycles. The molecule has 1 aliphatic rings. The van der Waals surface area contributed by atoms with E-state index in [1.54, 1.807) is 0 Å². The zero-order valence-corrected chi connectivity index (χ0v) is 17.2. The third-order valence-electron chi connectivity index (χ3n) is 4.93. The summed E-state index contributed by atoms with van der Waals surface area (Å²) in [6.07, 6.45) is 1.59. The molecule has 0 bridgehead atoms. The highest BCUT2D eigenvalue weighted by molar-refractivity contribution is 5.76. The minimum atomic E-state index is -0.128. The first-order valence-corrected chi connectivity index (χ1v) is 10.2. The van der Waals surface area contributed by atoms with E-state index in [0.29, 0.717) is 31.4 Å². The Morgan fingerprint density at radius 3 is 2.50 bits per heavy atom. The second-order valence-corrected chi connectivity index (χ2v) is 8.27. The Balaban J connectivity index is 1.78. The number of hydrogen-bond acceptors (Lipinski definition) is 4. The number of carbonyl (C=O) groups is 1. The minimum absolute atomic E-state index is 0.0311. The van der Waals surface area contributed by atoms with Crippen LogP contribution in [0.3, 0.4) is 0 Å². The first-order chi connectivity index (χ1) is 13.3. The highest BCUT2D eigenvalue weighted by atomic mass is 16.2. The first-order valence-electron chi connectivity index (χ1n) is 10.2. The Morgan fingerprint density at radius 2 is 1.86 bits per heavy atom. The molecule has 2 heterocycles. The van der Waals surface area contributed by atoms with Gasteiger partial charge in [0.25, 0.3) is 5.56 Å². The van der Waals surface area contributed by atoms with Gasteiger partial charge in [-0.05, 0) is 44.7 Å². The molecule has 7 nitrogen and oxygen atoms in total. The number of aromatic nitrogens is 2. The van der Waals surface area contributed by atoms with Crippen LogP contribution in [0.5, 0.6) is 0 Å². The molecule has 1 aromatic carbocycles. The molecule has 0 radical (unpaired) electrons. The second-order valence-electron chi connectivity index (χ2n) is 8.27. The van der Waals surface area contributed by atoms with Crippen molar-refractivity contribution in [3.05, 3.63) is 34.6 Å². The number of hydrogen-bond donors (Lipinski definition) is 2. The maximum absolute atomic E-state index is 13.2. The molecule has 2 amide bonds. The normalized spacial score (nSPS) is 15.4. The summed E-state index contributed by atoms with van der Waals surface area (Å²) in [6.45, 7) is 10.2. The summed E-state index contributed by atoms with van der Waals surface area (Å²) in [6, 6.07) is 7.91. The van der Waals surface area contributed by atoms with E-state index in [4.69, 9.17) is 0 Å². The van der Waals surface area contributed by atoms with Crippen molar-refractivity contribution in [3.63, 3.8) is 0 Å². The number of rotatable bonds is 5. The van der Waals surface area contributed by atoms with Gasteiger partial charge in [-0.25, -0.2) is 9.78 Å². The van der Waals surface area contributed by atoms with Gasteiger partial charge in [-0.15, -0.1) is 0 Å². The Morgan fingerprint density at radius 1 is 1.18 bits per heavy atom. The van der Waals surface area contributed by atoms with Crippen molar-refractivity contribution in [1.29, 1.82) is 0 Å². The Labute approximate surface area is 166 Å². The molecule has 2 N–H and O–H groups in total. The fraction of sp³-hybridized carbons (Fsp3) is 0.571. The van der Waals surface area contributed by atoms with E-state index in [1.807, 2.05) is 42.7 Å². The van der Waals surface area contributed by atoms with Gasteiger partial charge in [0, 0.05) is 31.7 Å². The third kappa shape index (κ3) is 4.64. The lowest BCUT2D eigenvalue weighted by atomic mass is 10.1. The van der Waals surface area contributed by atoms with Crippen molar-refractivity contribution in [1.82, 2.24) is 20.2 Å². The molecule has 1 saturated heterocycles. The van der Waals surface area contributed by atoms with Crippen LogP contribution >= 0.6 is 0 Å². The summed E-state index contributed by atoms with van der Waals surface area (Å²) in [5.74, 6) is 0.884. The van der Waals surface area contributed by atoms with E-state index in [0.717, 1.165) is 23.9 Å². The zero-order chi connectivity index (χ0) is 20.3. The van der Waals surface area contributed by atoms with E-state index in [1.165, 1.54) is 0 Å². The molecule has 0 atom stereocenters. The smallest absolute Gasteiger partial charge is 0.315 e. The number of nitrogens with zero attached hydrogens (tertiary/aromatic N) is 3. The van der Waals surface area contributed by atoms with Crippen LogP contribution in [0.25, 0.3) is 11.0 Å². The van der Waals surface area contributed by atoms with Crippen LogP contribution in [0, 0.1) is 5.92 Å². The lowest BCUT2D eigenvalue weighted by Crippen LogP contribution is -2.50. The lowest BCUT2D eigenvalue weighted by molar-refractivity contribution is 0.232. The number of benzene rings is 1. The van der Waals surface area contributed by atoms with Crippen molar-refractivity contribution >= 4 is 22.9 Å². The van der Waals surface area contributed by atoms with Crippen LogP contribution in [0.15, 0.2) is 29.1 Å². The van der Waals surface area contributed by atoms with Gasteiger partial charge < -0.3 is 20.1 Å². The van der Waals surface area contributed by atoms with Gasteiger partial charge >= 0.3 is 6.03 Å². The summed E-state index contributed by atoms with van der Waals surface area (Å²) in [5.41, 5.74) is 1.69. The van der Waals surface area contributed by atoms with Gasteiger partial charge in [0.05, 0.1) is 11.0 Å². The van der Waals surface area contributed by atoms with Crippen molar-refractivity contribution in [2.24, 2.45) is 5.92 Å². The molecule has 2 aromatic rings. The van der Waals surface area contributed by atoms with Crippen molar-refractivity contribution in [2.75, 3.05) is 18.0 Å². The van der Waals surface area contributed by atoms with Gasteiger partial charge in [-0.2, -0.15) is 0 Å². The Hall–Kier alpha value is -2.57. The van der Waals surface area contributed by atoms with Gasteiger partial charge in [0.15, 0.2) is 5.82 Å². The molecular formula is C21H31N5O2. The van der Waals surface area contributed by atoms with Crippen LogP contribution in [0.1, 0.15) is 40.5 Å². The zero-order valence-electron chi connectivity index (χ0n) is 17.2. The predicted octanol–water partition coefficient (Wildman–Crippen LogP) is 2.73. The third-order valence-corrected chi connectivity index (χ3v) is 4.93. The van der Waals surface area contributed by atoms with Crippen LogP contribution in [0.2, 0.25) is 0 Å². The van der Waals surface area contributed by atoms with Crippen LogP contribution < -0.4 is 21.1 Å². The quantitative estimate of drug-likeness (QED) is 0.829. The number of urea groups is 1. The van der Waals surface area contributed by atoms with Crippen molar-refractivity contribution in [3.8, 4) is 0 Å². The predicted molar refractivity (Wildman–Crippen MR) is 113 cm³/mol. The summed E-state index contributed by atoms with van der Waals surface area (Å²) in [4.78, 5) is 31.8. The minimum Gasteiger partial charge on any atom is -0.352 e. The van der Waals surface area contributed by atoms with Crippen molar-refractivity contribution < 1.29 is 4.79 Å². The van der Waals surface area contributed by atoms with Gasteiger partial charge in [-0.1, -0.05) is 26.0 Å². The monoisotopic (exact) mass is 385 g/mol. The summed E-state index contributed by atoms with van der Waals surface area (Å²) in [5, 5.41) is 5.88. The van der Waals surface area contributed by atoms with E-state index < -0.39 is 0 Å². The summed E-state index contributed by atoms with van der Waals surface area (Å²) < 4.78 is 1.85. The highest BCUT2D eigenvalue weighted by Crippen LogP contribution is 2.19. The standard InChI is InChI=1S/C21H31N5O2/c1-14(2)13-26-18-8-6-5-7-17(18)24-19(20(26)27)25-11-9-16(10-12-25)23-21(28)22-15(3)4/h5-8,14-16H,9-13H2,1-4H3,(H2,22,23,28). The van der Waals surface area contributed by atoms with Crippen LogP contribution in [-0.4, -0.2) is 40.8 Å². The topological polar surface area (TPSA) is 79.3 Å². The number of piperidine rings is 1. The highest BCUT2D eigenvalue weighted by Gasteiger charge is 2.24. The molecule has 7 heteroatoms. The number of nitrogens with one attached hydrogen (secondary N) is 2. The SMILES string of the molecule is CC(C)Cn1c(=O)c(N2CCC(NC(=O)NC(C)C)CC2)nc2ccccc21. The fourth-order valence-corrected chi connectivity index (χ4v) is 3.66. The molecule has 28 heavy (non-hydrogen) atoms. The average Bonchev–Trinajstić information content (AvgIpc) is 2.63. The molecule has 3 rings (SSSR count). The van der Waals surface area contributed by atoms with Gasteiger partial charge in [-0.3, -0.25) is 4.79 Å². The number of anilines is 1. The van der Waals surface area contributed by atoms with Gasteiger partial charge in [0.2, 0.25) is 0 Å². The summed E-state index contributed by atoms with van der Waals surface area (Å²) >= 11 is 0.